The van der Waals surface area contributed by atoms with Crippen LogP contribution in [-0.4, -0.2) is 45.2 Å². The highest BCUT2D eigenvalue weighted by atomic mass is 16.5. The summed E-state index contributed by atoms with van der Waals surface area (Å²) in [6, 6.07) is 10.9. The van der Waals surface area contributed by atoms with Gasteiger partial charge in [-0.05, 0) is 49.4 Å². The molecular formula is C20H22N2O6. The van der Waals surface area contributed by atoms with E-state index < -0.39 is 18.5 Å². The Labute approximate surface area is 162 Å². The monoisotopic (exact) mass is 386 g/mol. The van der Waals surface area contributed by atoms with Crippen molar-refractivity contribution in [2.45, 2.75) is 6.92 Å². The van der Waals surface area contributed by atoms with Gasteiger partial charge in [-0.25, -0.2) is 4.79 Å². The predicted molar refractivity (Wildman–Crippen MR) is 103 cm³/mol. The lowest BCUT2D eigenvalue weighted by Crippen LogP contribution is -2.21. The van der Waals surface area contributed by atoms with Gasteiger partial charge in [-0.1, -0.05) is 0 Å². The number of hydrogen-bond acceptors (Lipinski definition) is 6. The summed E-state index contributed by atoms with van der Waals surface area (Å²) in [6.45, 7) is 1.78. The van der Waals surface area contributed by atoms with E-state index in [0.717, 1.165) is 0 Å². The Hall–Kier alpha value is -3.55. The van der Waals surface area contributed by atoms with E-state index in [0.29, 0.717) is 29.4 Å². The van der Waals surface area contributed by atoms with Crippen molar-refractivity contribution in [1.82, 2.24) is 5.32 Å². The fourth-order valence-electron chi connectivity index (χ4n) is 2.33. The number of ether oxygens (including phenoxy) is 3. The quantitative estimate of drug-likeness (QED) is 0.675. The molecule has 0 unspecified atom stereocenters. The zero-order valence-electron chi connectivity index (χ0n) is 15.9. The Balaban J connectivity index is 1.92. The van der Waals surface area contributed by atoms with Crippen LogP contribution >= 0.6 is 0 Å². The molecule has 8 nitrogen and oxygen atoms in total. The lowest BCUT2D eigenvalue weighted by Gasteiger charge is -2.11. The molecule has 0 aliphatic rings. The Morgan fingerprint density at radius 1 is 0.964 bits per heavy atom. The SMILES string of the molecule is CCOc1cc(C(=O)OCC(=O)Nc2ccc(C(=O)NC)cc2)ccc1OC. The normalized spacial score (nSPS) is 9.96. The van der Waals surface area contributed by atoms with Crippen LogP contribution in [0.4, 0.5) is 5.69 Å². The molecule has 28 heavy (non-hydrogen) atoms. The smallest absolute Gasteiger partial charge is 0.338 e. The van der Waals surface area contributed by atoms with Gasteiger partial charge < -0.3 is 24.8 Å². The minimum atomic E-state index is -0.659. The number of anilines is 1. The molecule has 0 saturated heterocycles. The van der Waals surface area contributed by atoms with Crippen LogP contribution in [0.2, 0.25) is 0 Å². The van der Waals surface area contributed by atoms with Crippen molar-refractivity contribution in [2.24, 2.45) is 0 Å². The van der Waals surface area contributed by atoms with Crippen LogP contribution < -0.4 is 20.1 Å². The van der Waals surface area contributed by atoms with Gasteiger partial charge in [0.1, 0.15) is 0 Å². The van der Waals surface area contributed by atoms with Gasteiger partial charge in [-0.3, -0.25) is 9.59 Å². The van der Waals surface area contributed by atoms with E-state index in [2.05, 4.69) is 10.6 Å². The van der Waals surface area contributed by atoms with Gasteiger partial charge in [0, 0.05) is 18.3 Å². The minimum absolute atomic E-state index is 0.224. The molecule has 0 aliphatic carbocycles. The molecule has 0 aliphatic heterocycles. The Morgan fingerprint density at radius 2 is 1.64 bits per heavy atom. The van der Waals surface area contributed by atoms with E-state index in [1.807, 2.05) is 6.92 Å². The second-order valence-electron chi connectivity index (χ2n) is 5.58. The number of rotatable bonds is 8. The highest BCUT2D eigenvalue weighted by Crippen LogP contribution is 2.28. The van der Waals surface area contributed by atoms with Gasteiger partial charge in [0.25, 0.3) is 11.8 Å². The molecule has 0 radical (unpaired) electrons. The third-order valence-electron chi connectivity index (χ3n) is 3.69. The number of carbonyl (C=O) groups excluding carboxylic acids is 3. The van der Waals surface area contributed by atoms with Crippen LogP contribution in [0.25, 0.3) is 0 Å². The third-order valence-corrected chi connectivity index (χ3v) is 3.69. The standard InChI is InChI=1S/C20H22N2O6/c1-4-27-17-11-14(7-10-16(17)26-3)20(25)28-12-18(23)22-15-8-5-13(6-9-15)19(24)21-2/h5-11H,4,12H2,1-3H3,(H,21,24)(H,22,23). The first-order valence-electron chi connectivity index (χ1n) is 8.58. The molecule has 2 N–H and O–H groups in total. The number of methoxy groups -OCH3 is 1. The highest BCUT2D eigenvalue weighted by Gasteiger charge is 2.14. The van der Waals surface area contributed by atoms with Crippen molar-refractivity contribution in [3.05, 3.63) is 53.6 Å². The number of carbonyl (C=O) groups is 3. The van der Waals surface area contributed by atoms with Crippen LogP contribution in [0.5, 0.6) is 11.5 Å². The lowest BCUT2D eigenvalue weighted by molar-refractivity contribution is -0.119. The second-order valence-corrected chi connectivity index (χ2v) is 5.58. The van der Waals surface area contributed by atoms with Gasteiger partial charge in [-0.2, -0.15) is 0 Å². The van der Waals surface area contributed by atoms with Crippen molar-refractivity contribution in [3.63, 3.8) is 0 Å². The molecule has 2 aromatic carbocycles. The van der Waals surface area contributed by atoms with E-state index >= 15 is 0 Å². The van der Waals surface area contributed by atoms with E-state index in [4.69, 9.17) is 14.2 Å². The lowest BCUT2D eigenvalue weighted by atomic mass is 10.2. The fraction of sp³-hybridized carbons (Fsp3) is 0.250. The van der Waals surface area contributed by atoms with Gasteiger partial charge in [0.05, 0.1) is 19.3 Å². The van der Waals surface area contributed by atoms with Crippen molar-refractivity contribution < 1.29 is 28.6 Å². The number of hydrogen-bond donors (Lipinski definition) is 2. The van der Waals surface area contributed by atoms with E-state index in [9.17, 15) is 14.4 Å². The first-order chi connectivity index (χ1) is 13.5. The van der Waals surface area contributed by atoms with Gasteiger partial charge in [-0.15, -0.1) is 0 Å². The predicted octanol–water partition coefficient (Wildman–Crippen LogP) is 2.25. The molecule has 0 bridgehead atoms. The number of amides is 2. The second kappa shape index (κ2) is 9.96. The van der Waals surface area contributed by atoms with Crippen molar-refractivity contribution >= 4 is 23.5 Å². The first kappa shape index (κ1) is 20.8. The summed E-state index contributed by atoms with van der Waals surface area (Å²) in [5.74, 6) is -0.470. The van der Waals surface area contributed by atoms with Crippen molar-refractivity contribution in [1.29, 1.82) is 0 Å². The van der Waals surface area contributed by atoms with E-state index in [1.165, 1.54) is 26.3 Å². The molecule has 0 heterocycles. The molecule has 0 aromatic heterocycles. The zero-order chi connectivity index (χ0) is 20.5. The molecule has 148 valence electrons. The molecule has 0 saturated carbocycles. The molecule has 2 rings (SSSR count). The van der Waals surface area contributed by atoms with Gasteiger partial charge in [0.2, 0.25) is 0 Å². The Bertz CT molecular complexity index is 848. The molecule has 2 aromatic rings. The number of nitrogens with one attached hydrogen (secondary N) is 2. The zero-order valence-corrected chi connectivity index (χ0v) is 15.9. The molecular weight excluding hydrogens is 364 g/mol. The molecule has 8 heteroatoms. The Kier molecular flexibility index (Phi) is 7.38. The average molecular weight is 386 g/mol. The molecule has 0 atom stereocenters. The summed E-state index contributed by atoms with van der Waals surface area (Å²) in [5.41, 5.74) is 1.19. The summed E-state index contributed by atoms with van der Waals surface area (Å²) in [6.07, 6.45) is 0. The van der Waals surface area contributed by atoms with Crippen LogP contribution in [0.3, 0.4) is 0 Å². The van der Waals surface area contributed by atoms with Crippen LogP contribution in [-0.2, 0) is 9.53 Å². The van der Waals surface area contributed by atoms with Gasteiger partial charge in [0.15, 0.2) is 18.1 Å². The number of esters is 1. The summed E-state index contributed by atoms with van der Waals surface area (Å²) in [4.78, 5) is 35.6. The maximum atomic E-state index is 12.2. The largest absolute Gasteiger partial charge is 0.493 e. The van der Waals surface area contributed by atoms with Crippen LogP contribution in [0.1, 0.15) is 27.6 Å². The van der Waals surface area contributed by atoms with Gasteiger partial charge >= 0.3 is 5.97 Å². The summed E-state index contributed by atoms with van der Waals surface area (Å²) in [5, 5.41) is 5.10. The van der Waals surface area contributed by atoms with E-state index in [-0.39, 0.29) is 11.5 Å². The maximum absolute atomic E-state index is 12.2. The number of benzene rings is 2. The Morgan fingerprint density at radius 3 is 2.25 bits per heavy atom. The third kappa shape index (κ3) is 5.47. The summed E-state index contributed by atoms with van der Waals surface area (Å²) >= 11 is 0. The fourth-order valence-corrected chi connectivity index (χ4v) is 2.33. The highest BCUT2D eigenvalue weighted by molar-refractivity contribution is 5.97. The summed E-state index contributed by atoms with van der Waals surface area (Å²) in [7, 11) is 3.04. The van der Waals surface area contributed by atoms with E-state index in [1.54, 1.807) is 30.3 Å². The minimum Gasteiger partial charge on any atom is -0.493 e. The van der Waals surface area contributed by atoms with Crippen LogP contribution in [0, 0.1) is 0 Å². The molecule has 0 spiro atoms. The van der Waals surface area contributed by atoms with Crippen molar-refractivity contribution in [2.75, 3.05) is 32.7 Å². The molecule has 2 amide bonds. The van der Waals surface area contributed by atoms with Crippen LogP contribution in [0.15, 0.2) is 42.5 Å². The first-order valence-corrected chi connectivity index (χ1v) is 8.58. The topological polar surface area (TPSA) is 103 Å². The summed E-state index contributed by atoms with van der Waals surface area (Å²) < 4.78 is 15.6. The molecule has 0 fully saturated rings. The average Bonchev–Trinajstić information content (AvgIpc) is 2.72. The van der Waals surface area contributed by atoms with Crippen molar-refractivity contribution in [3.8, 4) is 11.5 Å². The maximum Gasteiger partial charge on any atom is 0.338 e.